The van der Waals surface area contributed by atoms with E-state index in [9.17, 15) is 4.79 Å². The molecule has 3 aromatic rings. The molecule has 0 aliphatic heterocycles. The monoisotopic (exact) mass is 337 g/mol. The molecule has 0 atom stereocenters. The van der Waals surface area contributed by atoms with Gasteiger partial charge in [-0.15, -0.1) is 0 Å². The van der Waals surface area contributed by atoms with Crippen molar-refractivity contribution in [1.82, 2.24) is 19.7 Å². The Morgan fingerprint density at radius 3 is 2.72 bits per heavy atom. The number of hydrogen-bond acceptors (Lipinski definition) is 4. The van der Waals surface area contributed by atoms with Crippen LogP contribution in [0.2, 0.25) is 0 Å². The Hall–Kier alpha value is -2.89. The molecule has 2 heterocycles. The van der Waals surface area contributed by atoms with E-state index < -0.39 is 0 Å². The molecule has 1 aromatic carbocycles. The third kappa shape index (κ3) is 3.79. The molecule has 25 heavy (non-hydrogen) atoms. The van der Waals surface area contributed by atoms with E-state index in [-0.39, 0.29) is 5.56 Å². The Kier molecular flexibility index (Phi) is 4.70. The fraction of sp³-hybridized carbons (Fsp3) is 0.316. The third-order valence-corrected chi connectivity index (χ3v) is 4.14. The molecule has 0 saturated carbocycles. The maximum Gasteiger partial charge on any atom is 0.252 e. The second-order valence-electron chi connectivity index (χ2n) is 6.28. The number of nitrogens with zero attached hydrogens (tertiary/aromatic N) is 3. The van der Waals surface area contributed by atoms with E-state index in [1.54, 1.807) is 4.68 Å². The first-order valence-corrected chi connectivity index (χ1v) is 8.43. The lowest BCUT2D eigenvalue weighted by Gasteiger charge is -2.11. The summed E-state index contributed by atoms with van der Waals surface area (Å²) in [5.74, 6) is 1.23. The summed E-state index contributed by atoms with van der Waals surface area (Å²) in [6.45, 7) is 8.75. The number of benzene rings is 1. The molecule has 0 amide bonds. The van der Waals surface area contributed by atoms with Crippen LogP contribution in [0, 0.1) is 20.8 Å². The number of nitrogens with one attached hydrogen (secondary N) is 2. The molecule has 0 spiro atoms. The van der Waals surface area contributed by atoms with Gasteiger partial charge >= 0.3 is 0 Å². The normalized spacial score (nSPS) is 10.9. The highest BCUT2D eigenvalue weighted by atomic mass is 16.1. The molecule has 6 nitrogen and oxygen atoms in total. The highest BCUT2D eigenvalue weighted by Gasteiger charge is 2.11. The Morgan fingerprint density at radius 2 is 1.96 bits per heavy atom. The summed E-state index contributed by atoms with van der Waals surface area (Å²) >= 11 is 0. The summed E-state index contributed by atoms with van der Waals surface area (Å²) in [5, 5.41) is 7.88. The summed E-state index contributed by atoms with van der Waals surface area (Å²) < 4.78 is 1.65. The van der Waals surface area contributed by atoms with Gasteiger partial charge in [0.2, 0.25) is 5.95 Å². The van der Waals surface area contributed by atoms with Crippen molar-refractivity contribution in [2.24, 2.45) is 0 Å². The fourth-order valence-corrected chi connectivity index (χ4v) is 2.74. The molecule has 2 N–H and O–H groups in total. The van der Waals surface area contributed by atoms with Gasteiger partial charge in [-0.05, 0) is 38.3 Å². The predicted octanol–water partition coefficient (Wildman–Crippen LogP) is 3.06. The predicted molar refractivity (Wildman–Crippen MR) is 99.3 cm³/mol. The molecule has 2 aromatic heterocycles. The average molecular weight is 337 g/mol. The molecule has 0 saturated heterocycles. The van der Waals surface area contributed by atoms with Gasteiger partial charge in [-0.1, -0.05) is 30.7 Å². The maximum absolute atomic E-state index is 11.9. The van der Waals surface area contributed by atoms with Crippen LogP contribution in [-0.4, -0.2) is 19.7 Å². The number of aromatic amines is 1. The second kappa shape index (κ2) is 6.93. The van der Waals surface area contributed by atoms with Crippen molar-refractivity contribution in [3.8, 4) is 5.95 Å². The van der Waals surface area contributed by atoms with E-state index >= 15 is 0 Å². The number of anilines is 1. The number of rotatable bonds is 5. The van der Waals surface area contributed by atoms with Crippen molar-refractivity contribution in [3.05, 3.63) is 68.8 Å². The van der Waals surface area contributed by atoms with Gasteiger partial charge in [0.05, 0.1) is 5.69 Å². The largest absolute Gasteiger partial charge is 0.366 e. The van der Waals surface area contributed by atoms with Crippen molar-refractivity contribution in [1.29, 1.82) is 0 Å². The minimum absolute atomic E-state index is 0.171. The van der Waals surface area contributed by atoms with E-state index in [1.807, 2.05) is 19.9 Å². The van der Waals surface area contributed by atoms with Gasteiger partial charge in [0.1, 0.15) is 5.82 Å². The zero-order chi connectivity index (χ0) is 18.0. The van der Waals surface area contributed by atoms with Crippen molar-refractivity contribution in [2.45, 2.75) is 40.7 Å². The number of H-pyrrole nitrogens is 1. The Bertz CT molecular complexity index is 955. The van der Waals surface area contributed by atoms with Gasteiger partial charge in [-0.2, -0.15) is 9.78 Å². The van der Waals surface area contributed by atoms with Crippen LogP contribution in [0.1, 0.15) is 35.0 Å². The Morgan fingerprint density at radius 1 is 1.16 bits per heavy atom. The Balaban J connectivity index is 1.92. The summed E-state index contributed by atoms with van der Waals surface area (Å²) in [4.78, 5) is 19.1. The molecule has 0 bridgehead atoms. The van der Waals surface area contributed by atoms with Crippen LogP contribution in [0.15, 0.2) is 35.1 Å². The summed E-state index contributed by atoms with van der Waals surface area (Å²) in [5.41, 5.74) is 5.12. The first-order valence-electron chi connectivity index (χ1n) is 8.43. The van der Waals surface area contributed by atoms with Gasteiger partial charge in [0.15, 0.2) is 0 Å². The van der Waals surface area contributed by atoms with E-state index in [1.165, 1.54) is 22.8 Å². The van der Waals surface area contributed by atoms with E-state index in [2.05, 4.69) is 52.4 Å². The molecule has 0 radical (unpaired) electrons. The first-order chi connectivity index (χ1) is 12.0. The smallest absolute Gasteiger partial charge is 0.252 e. The van der Waals surface area contributed by atoms with Crippen molar-refractivity contribution in [2.75, 3.05) is 5.32 Å². The minimum atomic E-state index is -0.171. The summed E-state index contributed by atoms with van der Waals surface area (Å²) in [7, 11) is 0. The van der Waals surface area contributed by atoms with Crippen LogP contribution < -0.4 is 10.9 Å². The third-order valence-electron chi connectivity index (χ3n) is 4.14. The molecule has 0 fully saturated rings. The lowest BCUT2D eigenvalue weighted by molar-refractivity contribution is 0.777. The van der Waals surface area contributed by atoms with E-state index in [0.29, 0.717) is 18.9 Å². The van der Waals surface area contributed by atoms with Gasteiger partial charge in [-0.25, -0.2) is 4.98 Å². The highest BCUT2D eigenvalue weighted by Crippen LogP contribution is 2.17. The summed E-state index contributed by atoms with van der Waals surface area (Å²) in [6, 6.07) is 9.87. The van der Waals surface area contributed by atoms with Crippen LogP contribution in [0.3, 0.4) is 0 Å². The molecular formula is C19H23N5O. The first kappa shape index (κ1) is 17.0. The van der Waals surface area contributed by atoms with Crippen LogP contribution in [0.25, 0.3) is 5.95 Å². The zero-order valence-electron chi connectivity index (χ0n) is 15.1. The maximum atomic E-state index is 11.9. The van der Waals surface area contributed by atoms with Crippen LogP contribution in [0.5, 0.6) is 0 Å². The number of hydrogen-bond donors (Lipinski definition) is 2. The molecule has 3 rings (SSSR count). The molecule has 6 heteroatoms. The lowest BCUT2D eigenvalue weighted by Crippen LogP contribution is -2.16. The topological polar surface area (TPSA) is 75.6 Å². The minimum Gasteiger partial charge on any atom is -0.366 e. The standard InChI is InChI=1S/C19H23N5O/c1-5-16-10-18(25)22-19(21-16)24-17(9-14(4)23-24)20-11-15-8-12(2)6-7-13(15)3/h6-10,20H,5,11H2,1-4H3,(H,21,22,25). The molecular weight excluding hydrogens is 314 g/mol. The number of aryl methyl sites for hydroxylation is 4. The van der Waals surface area contributed by atoms with Gasteiger partial charge in [-0.3, -0.25) is 9.78 Å². The molecule has 0 aliphatic rings. The van der Waals surface area contributed by atoms with Crippen LogP contribution in [-0.2, 0) is 13.0 Å². The van der Waals surface area contributed by atoms with Crippen molar-refractivity contribution >= 4 is 5.82 Å². The second-order valence-corrected chi connectivity index (χ2v) is 6.28. The molecule has 0 aliphatic carbocycles. The zero-order valence-corrected chi connectivity index (χ0v) is 15.1. The van der Waals surface area contributed by atoms with E-state index in [4.69, 9.17) is 0 Å². The fourth-order valence-electron chi connectivity index (χ4n) is 2.74. The lowest BCUT2D eigenvalue weighted by atomic mass is 10.1. The van der Waals surface area contributed by atoms with Gasteiger partial charge < -0.3 is 5.32 Å². The quantitative estimate of drug-likeness (QED) is 0.750. The van der Waals surface area contributed by atoms with Crippen LogP contribution >= 0.6 is 0 Å². The number of aromatic nitrogens is 4. The highest BCUT2D eigenvalue weighted by molar-refractivity contribution is 5.43. The molecule has 0 unspecified atom stereocenters. The molecule has 130 valence electrons. The Labute approximate surface area is 146 Å². The van der Waals surface area contributed by atoms with E-state index in [0.717, 1.165) is 17.2 Å². The SMILES string of the molecule is CCc1cc(=O)[nH]c(-n2nc(C)cc2NCc2cc(C)ccc2C)n1. The van der Waals surface area contributed by atoms with Crippen molar-refractivity contribution < 1.29 is 0 Å². The summed E-state index contributed by atoms with van der Waals surface area (Å²) in [6.07, 6.45) is 0.697. The van der Waals surface area contributed by atoms with Crippen LogP contribution in [0.4, 0.5) is 5.82 Å². The van der Waals surface area contributed by atoms with Gasteiger partial charge in [0.25, 0.3) is 5.56 Å². The van der Waals surface area contributed by atoms with Crippen molar-refractivity contribution in [3.63, 3.8) is 0 Å². The van der Waals surface area contributed by atoms with Gasteiger partial charge in [0, 0.05) is 24.4 Å². The average Bonchev–Trinajstić information content (AvgIpc) is 2.96.